The third-order valence-electron chi connectivity index (χ3n) is 3.26. The summed E-state index contributed by atoms with van der Waals surface area (Å²) in [6.07, 6.45) is 0. The van der Waals surface area contributed by atoms with Crippen LogP contribution in [0, 0.1) is 13.8 Å². The lowest BCUT2D eigenvalue weighted by atomic mass is 9.88. The smallest absolute Gasteiger partial charge is 0.0816 e. The minimum atomic E-state index is -0.215. The molecule has 90 valence electrons. The highest BCUT2D eigenvalue weighted by Crippen LogP contribution is 2.30. The van der Waals surface area contributed by atoms with E-state index >= 15 is 0 Å². The molecule has 0 saturated carbocycles. The topological polar surface area (TPSA) is 21.3 Å². The zero-order chi connectivity index (χ0) is 12.3. The van der Waals surface area contributed by atoms with Gasteiger partial charge >= 0.3 is 0 Å². The van der Waals surface area contributed by atoms with Crippen LogP contribution in [-0.4, -0.2) is 19.8 Å². The van der Waals surface area contributed by atoms with E-state index in [0.29, 0.717) is 0 Å². The van der Waals surface area contributed by atoms with Crippen molar-refractivity contribution < 1.29 is 4.74 Å². The van der Waals surface area contributed by atoms with E-state index in [2.05, 4.69) is 51.2 Å². The first-order chi connectivity index (χ1) is 7.42. The second-order valence-corrected chi connectivity index (χ2v) is 4.89. The van der Waals surface area contributed by atoms with Crippen LogP contribution in [0.4, 0.5) is 0 Å². The molecule has 0 spiro atoms. The molecule has 1 atom stereocenters. The summed E-state index contributed by atoms with van der Waals surface area (Å²) in [5, 5.41) is 3.35. The minimum Gasteiger partial charge on any atom is -0.377 e. The van der Waals surface area contributed by atoms with Gasteiger partial charge in [-0.15, -0.1) is 0 Å². The van der Waals surface area contributed by atoms with E-state index in [1.807, 2.05) is 7.05 Å². The summed E-state index contributed by atoms with van der Waals surface area (Å²) in [5.74, 6) is 0. The second-order valence-electron chi connectivity index (χ2n) is 4.89. The van der Waals surface area contributed by atoms with Crippen LogP contribution in [0.1, 0.15) is 36.6 Å². The van der Waals surface area contributed by atoms with Crippen molar-refractivity contribution in [3.05, 3.63) is 34.9 Å². The average molecular weight is 221 g/mol. The van der Waals surface area contributed by atoms with Crippen molar-refractivity contribution in [3.63, 3.8) is 0 Å². The molecular formula is C14H23NO. The lowest BCUT2D eigenvalue weighted by Gasteiger charge is -2.34. The Kier molecular flexibility index (Phi) is 4.11. The first kappa shape index (κ1) is 13.2. The number of rotatable bonds is 4. The van der Waals surface area contributed by atoms with Crippen LogP contribution in [0.5, 0.6) is 0 Å². The van der Waals surface area contributed by atoms with Crippen LogP contribution in [0.25, 0.3) is 0 Å². The van der Waals surface area contributed by atoms with Gasteiger partial charge in [0.2, 0.25) is 0 Å². The number of hydrogen-bond donors (Lipinski definition) is 1. The summed E-state index contributed by atoms with van der Waals surface area (Å²) in [6.45, 7) is 8.48. The number of ether oxygens (including phenoxy) is 1. The predicted molar refractivity (Wildman–Crippen MR) is 68.8 cm³/mol. The van der Waals surface area contributed by atoms with Crippen molar-refractivity contribution >= 4 is 0 Å². The maximum absolute atomic E-state index is 5.58. The fourth-order valence-electron chi connectivity index (χ4n) is 2.07. The van der Waals surface area contributed by atoms with E-state index in [1.165, 1.54) is 16.7 Å². The maximum atomic E-state index is 5.58. The zero-order valence-electron chi connectivity index (χ0n) is 11.2. The Morgan fingerprint density at radius 3 is 2.38 bits per heavy atom. The molecule has 1 rings (SSSR count). The molecule has 0 fully saturated rings. The number of nitrogens with one attached hydrogen (secondary N) is 1. The zero-order valence-corrected chi connectivity index (χ0v) is 11.2. The van der Waals surface area contributed by atoms with Crippen LogP contribution < -0.4 is 5.32 Å². The Morgan fingerprint density at radius 1 is 1.25 bits per heavy atom. The molecule has 0 aliphatic carbocycles. The van der Waals surface area contributed by atoms with Crippen molar-refractivity contribution in [3.8, 4) is 0 Å². The van der Waals surface area contributed by atoms with E-state index in [-0.39, 0.29) is 11.6 Å². The fraction of sp³-hybridized carbons (Fsp3) is 0.571. The fourth-order valence-corrected chi connectivity index (χ4v) is 2.07. The first-order valence-corrected chi connectivity index (χ1v) is 5.72. The summed E-state index contributed by atoms with van der Waals surface area (Å²) >= 11 is 0. The van der Waals surface area contributed by atoms with Crippen LogP contribution in [0.15, 0.2) is 18.2 Å². The maximum Gasteiger partial charge on any atom is 0.0816 e. The predicted octanol–water partition coefficient (Wildman–Crippen LogP) is 2.99. The molecule has 2 nitrogen and oxygen atoms in total. The van der Waals surface area contributed by atoms with Gasteiger partial charge in [-0.05, 0) is 45.9 Å². The van der Waals surface area contributed by atoms with E-state index < -0.39 is 0 Å². The van der Waals surface area contributed by atoms with E-state index in [4.69, 9.17) is 4.74 Å². The summed E-state index contributed by atoms with van der Waals surface area (Å²) in [5.41, 5.74) is 3.69. The van der Waals surface area contributed by atoms with Gasteiger partial charge in [0.05, 0.1) is 11.6 Å². The molecule has 0 aliphatic rings. The third-order valence-corrected chi connectivity index (χ3v) is 3.26. The Labute approximate surface area is 99.0 Å². The Bertz CT molecular complexity index is 358. The molecule has 2 heteroatoms. The third kappa shape index (κ3) is 2.63. The highest BCUT2D eigenvalue weighted by Gasteiger charge is 2.30. The second kappa shape index (κ2) is 4.98. The minimum absolute atomic E-state index is 0.206. The van der Waals surface area contributed by atoms with Gasteiger partial charge in [-0.1, -0.05) is 23.8 Å². The molecule has 0 radical (unpaired) electrons. The van der Waals surface area contributed by atoms with Gasteiger partial charge in [-0.2, -0.15) is 0 Å². The van der Waals surface area contributed by atoms with Crippen molar-refractivity contribution in [2.45, 2.75) is 39.3 Å². The van der Waals surface area contributed by atoms with Crippen LogP contribution >= 0.6 is 0 Å². The molecule has 0 aliphatic heterocycles. The first-order valence-electron chi connectivity index (χ1n) is 5.72. The standard InChI is InChI=1S/C14H23NO/c1-10-7-8-11(2)12(9-10)13(15-5)14(3,4)16-6/h7-9,13,15H,1-6H3. The highest BCUT2D eigenvalue weighted by atomic mass is 16.5. The van der Waals surface area contributed by atoms with Gasteiger partial charge in [0.1, 0.15) is 0 Å². The van der Waals surface area contributed by atoms with E-state index in [1.54, 1.807) is 7.11 Å². The number of methoxy groups -OCH3 is 1. The number of hydrogen-bond acceptors (Lipinski definition) is 2. The molecule has 0 saturated heterocycles. The van der Waals surface area contributed by atoms with Crippen molar-refractivity contribution in [2.24, 2.45) is 0 Å². The van der Waals surface area contributed by atoms with Gasteiger partial charge in [0.25, 0.3) is 0 Å². The molecule has 1 aromatic carbocycles. The average Bonchev–Trinajstić information content (AvgIpc) is 2.24. The lowest BCUT2D eigenvalue weighted by molar-refractivity contribution is -0.00916. The largest absolute Gasteiger partial charge is 0.377 e. The molecule has 1 unspecified atom stereocenters. The summed E-state index contributed by atoms with van der Waals surface area (Å²) in [6, 6.07) is 6.75. The quantitative estimate of drug-likeness (QED) is 0.844. The number of likely N-dealkylation sites (N-methyl/N-ethyl adjacent to an activating group) is 1. The highest BCUT2D eigenvalue weighted by molar-refractivity contribution is 5.34. The van der Waals surface area contributed by atoms with Gasteiger partial charge < -0.3 is 10.1 Å². The summed E-state index contributed by atoms with van der Waals surface area (Å²) in [4.78, 5) is 0. The SMILES string of the molecule is CNC(c1cc(C)ccc1C)C(C)(C)OC. The number of aryl methyl sites for hydroxylation is 2. The Hall–Kier alpha value is -0.860. The molecule has 0 bridgehead atoms. The molecular weight excluding hydrogens is 198 g/mol. The lowest BCUT2D eigenvalue weighted by Crippen LogP contribution is -2.39. The molecule has 1 aromatic rings. The van der Waals surface area contributed by atoms with Crippen molar-refractivity contribution in [2.75, 3.05) is 14.2 Å². The monoisotopic (exact) mass is 221 g/mol. The Morgan fingerprint density at radius 2 is 1.88 bits per heavy atom. The van der Waals surface area contributed by atoms with E-state index in [0.717, 1.165) is 0 Å². The van der Waals surface area contributed by atoms with E-state index in [9.17, 15) is 0 Å². The van der Waals surface area contributed by atoms with Crippen LogP contribution in [0.3, 0.4) is 0 Å². The molecule has 0 aromatic heterocycles. The molecule has 0 heterocycles. The Balaban J connectivity index is 3.18. The van der Waals surface area contributed by atoms with Gasteiger partial charge in [0.15, 0.2) is 0 Å². The van der Waals surface area contributed by atoms with Gasteiger partial charge in [-0.3, -0.25) is 0 Å². The van der Waals surface area contributed by atoms with Crippen LogP contribution in [-0.2, 0) is 4.74 Å². The molecule has 16 heavy (non-hydrogen) atoms. The summed E-state index contributed by atoms with van der Waals surface area (Å²) < 4.78 is 5.58. The van der Waals surface area contributed by atoms with Gasteiger partial charge in [-0.25, -0.2) is 0 Å². The molecule has 1 N–H and O–H groups in total. The molecule has 0 amide bonds. The van der Waals surface area contributed by atoms with Crippen LogP contribution in [0.2, 0.25) is 0 Å². The van der Waals surface area contributed by atoms with Crippen molar-refractivity contribution in [1.29, 1.82) is 0 Å². The summed E-state index contributed by atoms with van der Waals surface area (Å²) in [7, 11) is 3.74. The van der Waals surface area contributed by atoms with Crippen molar-refractivity contribution in [1.82, 2.24) is 5.32 Å². The normalized spacial score (nSPS) is 13.9. The number of benzene rings is 1. The van der Waals surface area contributed by atoms with Gasteiger partial charge in [0, 0.05) is 7.11 Å².